The van der Waals surface area contributed by atoms with Crippen molar-refractivity contribution < 1.29 is 161 Å². The molecule has 12 nitrogen and oxygen atoms in total. The van der Waals surface area contributed by atoms with Crippen molar-refractivity contribution in [3.8, 4) is 0 Å². The minimum absolute atomic E-state index is 0. The van der Waals surface area contributed by atoms with Crippen LogP contribution in [0, 0.1) is 29.1 Å². The fourth-order valence-corrected chi connectivity index (χ4v) is 9.26. The first kappa shape index (κ1) is 77.4. The number of rotatable bonds is 21. The molecule has 1 heterocycles. The molecule has 390 valence electrons. The van der Waals surface area contributed by atoms with Gasteiger partial charge >= 0.3 is 0 Å². The van der Waals surface area contributed by atoms with Gasteiger partial charge in [-0.25, -0.2) is 0 Å². The van der Waals surface area contributed by atoms with Crippen molar-refractivity contribution in [1.29, 1.82) is 0 Å². The number of likely N-dealkylation sites (N-methyl/N-ethyl adjacent to an activating group) is 1. The van der Waals surface area contributed by atoms with Crippen LogP contribution in [-0.4, -0.2) is 146 Å². The number of hydrogen-bond donors (Lipinski definition) is 4. The molecule has 1 saturated heterocycles. The normalized spacial score (nSPS) is 28.7. The molecule has 4 saturated carbocycles. The van der Waals surface area contributed by atoms with Gasteiger partial charge in [0.2, 0.25) is 0 Å². The standard InChI is InChI=1S/C17H36N4O2.2C13H24O2.2C4H10N.4Y/c1-6-20(5)8-15(18)10-22-12-17(3,4)13-23-11-16(19)9-21-7-14(21)2;2*14-12-5-1-10(2-6-12)9-11-3-7-13(15)8-4-11;2*1-2-3-4-5;;;;/h14-16,18-19H,6-13H2,1-5H3;2*10-15H,1-9H2;2*5H,2-4H2,1H3;;;;/q-2;;;2*-1;;;;. The summed E-state index contributed by atoms with van der Waals surface area (Å²) in [4.78, 5) is 4.41. The average Bonchev–Trinajstić information content (AvgIpc) is 3.95. The molecule has 0 aromatic heterocycles. The summed E-state index contributed by atoms with van der Waals surface area (Å²) in [6, 6.07) is 0.278. The van der Waals surface area contributed by atoms with Gasteiger partial charge in [-0.15, -0.1) is 12.1 Å². The molecule has 0 aromatic rings. The van der Waals surface area contributed by atoms with Gasteiger partial charge in [-0.2, -0.15) is 13.1 Å². The minimum atomic E-state index is -0.205. The Morgan fingerprint density at radius 2 is 0.866 bits per heavy atom. The van der Waals surface area contributed by atoms with E-state index >= 15 is 0 Å². The van der Waals surface area contributed by atoms with E-state index in [1.807, 2.05) is 7.05 Å². The van der Waals surface area contributed by atoms with Gasteiger partial charge in [0.25, 0.3) is 0 Å². The van der Waals surface area contributed by atoms with Gasteiger partial charge in [0.1, 0.15) is 0 Å². The zero-order valence-electron chi connectivity index (χ0n) is 44.3. The van der Waals surface area contributed by atoms with Crippen LogP contribution in [0.5, 0.6) is 0 Å². The summed E-state index contributed by atoms with van der Waals surface area (Å²) in [5.41, 5.74) is 29.1. The van der Waals surface area contributed by atoms with Gasteiger partial charge in [0, 0.05) is 162 Å². The van der Waals surface area contributed by atoms with Crippen molar-refractivity contribution in [2.24, 2.45) is 29.1 Å². The number of ether oxygens (including phenoxy) is 2. The molecular weight excluding hydrogens is 1150 g/mol. The molecule has 1 aliphatic heterocycles. The van der Waals surface area contributed by atoms with Gasteiger partial charge in [-0.3, -0.25) is 4.90 Å². The molecule has 0 spiro atoms. The van der Waals surface area contributed by atoms with Gasteiger partial charge in [0.15, 0.2) is 0 Å². The second kappa shape index (κ2) is 48.3. The molecule has 67 heavy (non-hydrogen) atoms. The molecule has 0 amide bonds. The predicted octanol–water partition coefficient (Wildman–Crippen LogP) is 11.2. The maximum absolute atomic E-state index is 9.43. The molecule has 4 atom stereocenters. The van der Waals surface area contributed by atoms with Crippen molar-refractivity contribution in [2.75, 3.05) is 72.7 Å². The largest absolute Gasteiger partial charge is 0.677 e. The number of nitrogens with zero attached hydrogens (tertiary/aromatic N) is 2. The van der Waals surface area contributed by atoms with E-state index in [-0.39, 0.29) is 173 Å². The Morgan fingerprint density at radius 1 is 0.567 bits per heavy atom. The maximum Gasteiger partial charge on any atom is 0.0540 e. The van der Waals surface area contributed by atoms with Crippen molar-refractivity contribution in [1.82, 2.24) is 9.80 Å². The number of aliphatic hydroxyl groups is 4. The Hall–Kier alpha value is 3.94. The molecule has 8 N–H and O–H groups in total. The zero-order valence-corrected chi connectivity index (χ0v) is 55.6. The first-order chi connectivity index (χ1) is 30.0. The zero-order chi connectivity index (χ0) is 47.0. The maximum atomic E-state index is 9.43. The molecule has 5 rings (SSSR count). The van der Waals surface area contributed by atoms with E-state index in [0.717, 1.165) is 127 Å². The van der Waals surface area contributed by atoms with Crippen LogP contribution < -0.4 is 0 Å². The minimum Gasteiger partial charge on any atom is -0.677 e. The number of unbranched alkanes of at least 4 members (excludes halogenated alkanes) is 2. The monoisotopic (exact) mass is 1250 g/mol. The third-order valence-corrected chi connectivity index (χ3v) is 13.8. The number of nitrogens with one attached hydrogen (secondary N) is 4. The van der Waals surface area contributed by atoms with E-state index in [4.69, 9.17) is 32.4 Å². The summed E-state index contributed by atoms with van der Waals surface area (Å²) in [6.07, 6.45) is 24.9. The Kier molecular flexibility index (Phi) is 55.8. The van der Waals surface area contributed by atoms with E-state index in [0.29, 0.717) is 45.6 Å². The fourth-order valence-electron chi connectivity index (χ4n) is 9.26. The molecule has 4 aliphatic carbocycles. The van der Waals surface area contributed by atoms with Gasteiger partial charge < -0.3 is 57.7 Å². The van der Waals surface area contributed by atoms with Crippen LogP contribution in [0.3, 0.4) is 0 Å². The quantitative estimate of drug-likeness (QED) is 0.0813. The van der Waals surface area contributed by atoms with Crippen LogP contribution >= 0.6 is 0 Å². The van der Waals surface area contributed by atoms with E-state index in [2.05, 4.69) is 51.3 Å². The van der Waals surface area contributed by atoms with Gasteiger partial charge in [-0.1, -0.05) is 60.3 Å². The van der Waals surface area contributed by atoms with Crippen LogP contribution in [0.2, 0.25) is 0 Å². The molecule has 5 fully saturated rings. The Morgan fingerprint density at radius 3 is 1.10 bits per heavy atom. The SMILES string of the molecule is CCCC[NH-].CCCC[NH-].CCN(C)CC([NH-])COCC(C)(C)COCC([NH-])CN1CC1C.OC1CCC(CC2CCC(O)CC2)CC1.OC1CCC(CC2CCC(O)CC2)CC1.[Y].[Y].[Y].[Y]. The van der Waals surface area contributed by atoms with Crippen LogP contribution in [0.4, 0.5) is 0 Å². The average molecular weight is 1250 g/mol. The van der Waals surface area contributed by atoms with Crippen LogP contribution in [0.1, 0.15) is 183 Å². The summed E-state index contributed by atoms with van der Waals surface area (Å²) in [5.74, 6) is 3.42. The topological polar surface area (TPSA) is 201 Å². The van der Waals surface area contributed by atoms with Crippen molar-refractivity contribution in [2.45, 2.75) is 225 Å². The Labute approximate surface area is 514 Å². The molecule has 0 aromatic carbocycles. The van der Waals surface area contributed by atoms with E-state index < -0.39 is 0 Å². The second-order valence-corrected chi connectivity index (χ2v) is 21.1. The summed E-state index contributed by atoms with van der Waals surface area (Å²) < 4.78 is 11.4. The summed E-state index contributed by atoms with van der Waals surface area (Å²) in [6.45, 7) is 19.6. The van der Waals surface area contributed by atoms with Crippen molar-refractivity contribution in [3.05, 3.63) is 22.9 Å². The Bertz CT molecular complexity index is 926. The predicted molar refractivity (Wildman–Crippen MR) is 265 cm³/mol. The van der Waals surface area contributed by atoms with Crippen molar-refractivity contribution >= 4 is 0 Å². The Balaban J connectivity index is -0.000000399. The van der Waals surface area contributed by atoms with E-state index in [1.165, 1.54) is 64.2 Å². The molecular formula is C51H104N6O6Y4-4. The molecule has 5 aliphatic rings. The molecule has 0 bridgehead atoms. The third kappa shape index (κ3) is 43.7. The van der Waals surface area contributed by atoms with E-state index in [9.17, 15) is 20.4 Å². The first-order valence-corrected chi connectivity index (χ1v) is 26.1. The molecule has 4 unspecified atom stereocenters. The summed E-state index contributed by atoms with van der Waals surface area (Å²) >= 11 is 0. The van der Waals surface area contributed by atoms with Crippen molar-refractivity contribution in [3.63, 3.8) is 0 Å². The van der Waals surface area contributed by atoms with Gasteiger partial charge in [0.05, 0.1) is 37.6 Å². The summed E-state index contributed by atoms with van der Waals surface area (Å²) in [7, 11) is 2.02. The van der Waals surface area contributed by atoms with Crippen LogP contribution in [-0.2, 0) is 140 Å². The number of aliphatic hydroxyl groups excluding tert-OH is 4. The van der Waals surface area contributed by atoms with Gasteiger partial charge in [-0.05, 0) is 173 Å². The summed E-state index contributed by atoms with van der Waals surface area (Å²) in [5, 5.41) is 37.7. The number of hydrogen-bond acceptors (Lipinski definition) is 8. The first-order valence-electron chi connectivity index (χ1n) is 26.1. The van der Waals surface area contributed by atoms with Crippen LogP contribution in [0.15, 0.2) is 0 Å². The smallest absolute Gasteiger partial charge is 0.0540 e. The third-order valence-electron chi connectivity index (χ3n) is 13.8. The fraction of sp³-hybridized carbons (Fsp3) is 1.00. The second-order valence-electron chi connectivity index (χ2n) is 21.1. The molecule has 16 heteroatoms. The molecule has 4 radical (unpaired) electrons. The van der Waals surface area contributed by atoms with E-state index in [1.54, 1.807) is 0 Å². The van der Waals surface area contributed by atoms with Crippen LogP contribution in [0.25, 0.3) is 22.9 Å².